The zero-order valence-corrected chi connectivity index (χ0v) is 11.8. The van der Waals surface area contributed by atoms with Gasteiger partial charge in [-0.1, -0.05) is 18.2 Å². The first-order valence-corrected chi connectivity index (χ1v) is 7.12. The van der Waals surface area contributed by atoms with Gasteiger partial charge in [-0.25, -0.2) is 0 Å². The maximum absolute atomic E-state index is 13.0. The molecule has 4 rings (SSSR count). The summed E-state index contributed by atoms with van der Waals surface area (Å²) in [6, 6.07) is 10.7. The molecule has 116 valence electrons. The number of carbonyl (C=O) groups excluding carboxylic acids is 1. The van der Waals surface area contributed by atoms with Crippen molar-refractivity contribution < 1.29 is 18.0 Å². The van der Waals surface area contributed by atoms with Crippen LogP contribution in [0.3, 0.4) is 0 Å². The summed E-state index contributed by atoms with van der Waals surface area (Å²) < 4.78 is 38.9. The van der Waals surface area contributed by atoms with E-state index in [0.29, 0.717) is 22.6 Å². The zero-order chi connectivity index (χ0) is 16.2. The lowest BCUT2D eigenvalue weighted by Gasteiger charge is -2.13. The lowest BCUT2D eigenvalue weighted by atomic mass is 9.88. The van der Waals surface area contributed by atoms with E-state index in [4.69, 9.17) is 0 Å². The Bertz CT molecular complexity index is 855. The number of nitrogens with one attached hydrogen (secondary N) is 1. The molecule has 0 aromatic heterocycles. The second kappa shape index (κ2) is 4.68. The minimum absolute atomic E-state index is 0.0851. The molecule has 23 heavy (non-hydrogen) atoms. The van der Waals surface area contributed by atoms with Gasteiger partial charge in [0.25, 0.3) is 0 Å². The van der Waals surface area contributed by atoms with Gasteiger partial charge in [-0.3, -0.25) is 9.79 Å². The molecular formula is C17H11F3N2O. The number of amides is 1. The van der Waals surface area contributed by atoms with Gasteiger partial charge in [0.2, 0.25) is 5.91 Å². The summed E-state index contributed by atoms with van der Waals surface area (Å²) in [7, 11) is 0. The number of anilines is 1. The van der Waals surface area contributed by atoms with Crippen LogP contribution in [0.5, 0.6) is 0 Å². The van der Waals surface area contributed by atoms with Gasteiger partial charge >= 0.3 is 6.18 Å². The van der Waals surface area contributed by atoms with E-state index in [1.54, 1.807) is 12.1 Å². The molecule has 1 N–H and O–H groups in total. The minimum Gasteiger partial charge on any atom is -0.325 e. The molecule has 2 aliphatic rings. The fourth-order valence-electron chi connectivity index (χ4n) is 3.12. The van der Waals surface area contributed by atoms with Crippen molar-refractivity contribution in [3.8, 4) is 0 Å². The molecule has 2 aliphatic heterocycles. The minimum atomic E-state index is -4.41. The Morgan fingerprint density at radius 1 is 1.13 bits per heavy atom. The topological polar surface area (TPSA) is 41.5 Å². The van der Waals surface area contributed by atoms with E-state index in [9.17, 15) is 18.0 Å². The van der Waals surface area contributed by atoms with Crippen molar-refractivity contribution in [2.45, 2.75) is 18.5 Å². The van der Waals surface area contributed by atoms with Crippen LogP contribution < -0.4 is 5.32 Å². The monoisotopic (exact) mass is 316 g/mol. The molecule has 3 nitrogen and oxygen atoms in total. The van der Waals surface area contributed by atoms with Crippen LogP contribution in [0, 0.1) is 0 Å². The Morgan fingerprint density at radius 2 is 1.91 bits per heavy atom. The third-order valence-corrected chi connectivity index (χ3v) is 4.17. The second-order valence-electron chi connectivity index (χ2n) is 5.62. The average Bonchev–Trinajstić information content (AvgIpc) is 2.77. The SMILES string of the molecule is O=C1CC2C(=Nc3ccc(C(F)(F)F)cc32)c2ccccc2N1. The van der Waals surface area contributed by atoms with Crippen LogP contribution in [0.25, 0.3) is 0 Å². The zero-order valence-electron chi connectivity index (χ0n) is 11.8. The molecule has 0 aliphatic carbocycles. The van der Waals surface area contributed by atoms with Gasteiger partial charge in [-0.15, -0.1) is 0 Å². The van der Waals surface area contributed by atoms with Crippen molar-refractivity contribution in [3.63, 3.8) is 0 Å². The number of para-hydroxylation sites is 1. The summed E-state index contributed by atoms with van der Waals surface area (Å²) in [6.45, 7) is 0. The molecule has 0 spiro atoms. The molecule has 2 heterocycles. The number of fused-ring (bicyclic) bond motifs is 5. The first kappa shape index (κ1) is 14.0. The van der Waals surface area contributed by atoms with Crippen molar-refractivity contribution >= 4 is 23.0 Å². The van der Waals surface area contributed by atoms with Crippen molar-refractivity contribution in [2.24, 2.45) is 4.99 Å². The number of hydrogen-bond acceptors (Lipinski definition) is 2. The van der Waals surface area contributed by atoms with Gasteiger partial charge in [0.15, 0.2) is 0 Å². The molecule has 0 radical (unpaired) electrons. The Balaban J connectivity index is 1.88. The predicted octanol–water partition coefficient (Wildman–Crippen LogP) is 4.27. The first-order valence-electron chi connectivity index (χ1n) is 7.12. The van der Waals surface area contributed by atoms with Crippen LogP contribution in [0.2, 0.25) is 0 Å². The van der Waals surface area contributed by atoms with Gasteiger partial charge in [0, 0.05) is 23.6 Å². The summed E-state index contributed by atoms with van der Waals surface area (Å²) in [5, 5.41) is 2.78. The summed E-state index contributed by atoms with van der Waals surface area (Å²) in [6.07, 6.45) is -4.33. The smallest absolute Gasteiger partial charge is 0.325 e. The highest BCUT2D eigenvalue weighted by atomic mass is 19.4. The maximum Gasteiger partial charge on any atom is 0.416 e. The average molecular weight is 316 g/mol. The van der Waals surface area contributed by atoms with Gasteiger partial charge in [0.05, 0.1) is 17.0 Å². The molecule has 0 saturated carbocycles. The number of halogens is 3. The third-order valence-electron chi connectivity index (χ3n) is 4.17. The van der Waals surface area contributed by atoms with Gasteiger partial charge < -0.3 is 5.32 Å². The Kier molecular flexibility index (Phi) is 2.85. The molecule has 2 aromatic rings. The first-order chi connectivity index (χ1) is 10.9. The van der Waals surface area contributed by atoms with E-state index in [1.165, 1.54) is 6.07 Å². The summed E-state index contributed by atoms with van der Waals surface area (Å²) in [5.41, 5.74) is 2.29. The number of carbonyl (C=O) groups is 1. The van der Waals surface area contributed by atoms with E-state index < -0.39 is 17.7 Å². The lowest BCUT2D eigenvalue weighted by Crippen LogP contribution is -2.14. The molecule has 6 heteroatoms. The van der Waals surface area contributed by atoms with E-state index in [2.05, 4.69) is 10.3 Å². The fraction of sp³-hybridized carbons (Fsp3) is 0.176. The molecule has 1 atom stereocenters. The fourth-order valence-corrected chi connectivity index (χ4v) is 3.12. The highest BCUT2D eigenvalue weighted by molar-refractivity contribution is 6.18. The predicted molar refractivity (Wildman–Crippen MR) is 80.1 cm³/mol. The van der Waals surface area contributed by atoms with Crippen LogP contribution >= 0.6 is 0 Å². The van der Waals surface area contributed by atoms with Gasteiger partial charge in [-0.05, 0) is 29.8 Å². The van der Waals surface area contributed by atoms with Crippen LogP contribution in [0.4, 0.5) is 24.5 Å². The van der Waals surface area contributed by atoms with E-state index in [-0.39, 0.29) is 12.3 Å². The largest absolute Gasteiger partial charge is 0.416 e. The normalized spacial score (nSPS) is 19.2. The summed E-state index contributed by atoms with van der Waals surface area (Å²) >= 11 is 0. The number of hydrogen-bond donors (Lipinski definition) is 1. The number of nitrogens with zero attached hydrogens (tertiary/aromatic N) is 1. The van der Waals surface area contributed by atoms with Gasteiger partial charge in [0.1, 0.15) is 0 Å². The van der Waals surface area contributed by atoms with E-state index >= 15 is 0 Å². The standard InChI is InChI=1S/C17H11F3N2O/c18-17(19,20)9-5-6-14-11(7-9)12-8-15(23)21-13-4-2-1-3-10(13)16(12)22-14/h1-7,12H,8H2,(H,21,23). The molecule has 0 fully saturated rings. The molecular weight excluding hydrogens is 305 g/mol. The van der Waals surface area contributed by atoms with Crippen LogP contribution in [0.1, 0.15) is 29.0 Å². The van der Waals surface area contributed by atoms with Crippen molar-refractivity contribution in [3.05, 3.63) is 59.2 Å². The Hall–Kier alpha value is -2.63. The molecule has 1 unspecified atom stereocenters. The van der Waals surface area contributed by atoms with Crippen molar-refractivity contribution in [2.75, 3.05) is 5.32 Å². The van der Waals surface area contributed by atoms with Crippen molar-refractivity contribution in [1.82, 2.24) is 0 Å². The quantitative estimate of drug-likeness (QED) is 0.775. The van der Waals surface area contributed by atoms with Crippen LogP contribution in [-0.4, -0.2) is 11.6 Å². The molecule has 2 aromatic carbocycles. The summed E-state index contributed by atoms with van der Waals surface area (Å²) in [5.74, 6) is -0.672. The lowest BCUT2D eigenvalue weighted by molar-refractivity contribution is -0.137. The number of aliphatic imine (C=N–C) groups is 1. The number of rotatable bonds is 0. The maximum atomic E-state index is 13.0. The molecule has 0 bridgehead atoms. The Morgan fingerprint density at radius 3 is 2.70 bits per heavy atom. The molecule has 1 amide bonds. The van der Waals surface area contributed by atoms with Crippen LogP contribution in [0.15, 0.2) is 47.5 Å². The second-order valence-corrected chi connectivity index (χ2v) is 5.62. The van der Waals surface area contributed by atoms with Crippen LogP contribution in [-0.2, 0) is 11.0 Å². The number of alkyl halides is 3. The highest BCUT2D eigenvalue weighted by Gasteiger charge is 2.37. The third kappa shape index (κ3) is 2.21. The van der Waals surface area contributed by atoms with Crippen molar-refractivity contribution in [1.29, 1.82) is 0 Å². The van der Waals surface area contributed by atoms with E-state index in [0.717, 1.165) is 17.7 Å². The Labute approximate surface area is 129 Å². The summed E-state index contributed by atoms with van der Waals surface area (Å²) in [4.78, 5) is 16.6. The van der Waals surface area contributed by atoms with E-state index in [1.807, 2.05) is 12.1 Å². The molecule has 0 saturated heterocycles. The van der Waals surface area contributed by atoms with Gasteiger partial charge in [-0.2, -0.15) is 13.2 Å². The highest BCUT2D eigenvalue weighted by Crippen LogP contribution is 2.44. The number of benzene rings is 2.